The molecule has 0 aromatic heterocycles. The van der Waals surface area contributed by atoms with E-state index in [9.17, 15) is 14.3 Å². The molecule has 0 spiro atoms. The second-order valence-corrected chi connectivity index (χ2v) is 3.36. The molecule has 0 radical (unpaired) electrons. The first-order valence-corrected chi connectivity index (χ1v) is 4.70. The fourth-order valence-corrected chi connectivity index (χ4v) is 1.24. The van der Waals surface area contributed by atoms with Crippen molar-refractivity contribution in [3.8, 4) is 5.75 Å². The van der Waals surface area contributed by atoms with Gasteiger partial charge in [0.05, 0.1) is 11.1 Å². The Morgan fingerprint density at radius 2 is 2.29 bits per heavy atom. The fraction of sp³-hybridized carbons (Fsp3) is 0.222. The van der Waals surface area contributed by atoms with Crippen LogP contribution in [-0.2, 0) is 4.74 Å². The van der Waals surface area contributed by atoms with E-state index in [-0.39, 0.29) is 22.4 Å². The number of hydrogen-bond donors (Lipinski definition) is 1. The van der Waals surface area contributed by atoms with Crippen molar-refractivity contribution >= 4 is 21.9 Å². The van der Waals surface area contributed by atoms with Gasteiger partial charge in [0, 0.05) is 0 Å². The van der Waals surface area contributed by atoms with E-state index in [0.717, 1.165) is 12.1 Å². The summed E-state index contributed by atoms with van der Waals surface area (Å²) < 4.78 is 17.7. The zero-order chi connectivity index (χ0) is 10.7. The van der Waals surface area contributed by atoms with Crippen LogP contribution in [0.2, 0.25) is 0 Å². The molecule has 0 heterocycles. The van der Waals surface area contributed by atoms with E-state index in [1.165, 1.54) is 0 Å². The average molecular weight is 263 g/mol. The zero-order valence-electron chi connectivity index (χ0n) is 7.38. The number of benzene rings is 1. The molecule has 1 aromatic rings. The number of phenols is 1. The predicted octanol–water partition coefficient (Wildman–Crippen LogP) is 2.47. The molecule has 0 aliphatic heterocycles. The summed E-state index contributed by atoms with van der Waals surface area (Å²) >= 11 is 2.88. The van der Waals surface area contributed by atoms with Crippen molar-refractivity contribution in [3.05, 3.63) is 28.0 Å². The molecule has 0 saturated heterocycles. The maximum Gasteiger partial charge on any atom is 0.342 e. The number of carbonyl (C=O) groups is 1. The maximum absolute atomic E-state index is 13.0. The first-order chi connectivity index (χ1) is 6.56. The molecule has 76 valence electrons. The molecule has 0 unspecified atom stereocenters. The van der Waals surface area contributed by atoms with E-state index in [1.807, 2.05) is 0 Å². The number of rotatable bonds is 2. The van der Waals surface area contributed by atoms with Gasteiger partial charge in [0.15, 0.2) is 0 Å². The van der Waals surface area contributed by atoms with Crippen LogP contribution in [0.25, 0.3) is 0 Å². The van der Waals surface area contributed by atoms with Crippen LogP contribution in [0.4, 0.5) is 4.39 Å². The summed E-state index contributed by atoms with van der Waals surface area (Å²) in [5.41, 5.74) is -0.174. The average Bonchev–Trinajstić information content (AvgIpc) is 2.11. The molecule has 0 atom stereocenters. The quantitative estimate of drug-likeness (QED) is 0.834. The number of esters is 1. The zero-order valence-corrected chi connectivity index (χ0v) is 8.97. The van der Waals surface area contributed by atoms with Crippen LogP contribution in [0.3, 0.4) is 0 Å². The molecule has 0 bridgehead atoms. The van der Waals surface area contributed by atoms with Crippen molar-refractivity contribution in [2.75, 3.05) is 6.61 Å². The number of aromatic hydroxyl groups is 1. The summed E-state index contributed by atoms with van der Waals surface area (Å²) in [5.74, 6) is -1.67. The van der Waals surface area contributed by atoms with Crippen LogP contribution in [0, 0.1) is 5.82 Å². The molecule has 0 amide bonds. The van der Waals surface area contributed by atoms with Crippen molar-refractivity contribution in [1.29, 1.82) is 0 Å². The van der Waals surface area contributed by atoms with Gasteiger partial charge in [0.25, 0.3) is 0 Å². The summed E-state index contributed by atoms with van der Waals surface area (Å²) in [7, 11) is 0. The lowest BCUT2D eigenvalue weighted by atomic mass is 10.2. The van der Waals surface area contributed by atoms with Gasteiger partial charge in [0.1, 0.15) is 17.1 Å². The first-order valence-electron chi connectivity index (χ1n) is 3.91. The van der Waals surface area contributed by atoms with Crippen molar-refractivity contribution in [2.45, 2.75) is 6.92 Å². The van der Waals surface area contributed by atoms with Gasteiger partial charge in [-0.15, -0.1) is 0 Å². The van der Waals surface area contributed by atoms with Gasteiger partial charge < -0.3 is 9.84 Å². The highest BCUT2D eigenvalue weighted by atomic mass is 79.9. The van der Waals surface area contributed by atoms with Gasteiger partial charge in [-0.2, -0.15) is 0 Å². The summed E-state index contributed by atoms with van der Waals surface area (Å²) in [6, 6.07) is 2.04. The summed E-state index contributed by atoms with van der Waals surface area (Å²) in [4.78, 5) is 11.2. The van der Waals surface area contributed by atoms with E-state index in [1.54, 1.807) is 6.92 Å². The van der Waals surface area contributed by atoms with Crippen LogP contribution in [0.5, 0.6) is 5.75 Å². The number of ether oxygens (including phenoxy) is 1. The molecule has 3 nitrogen and oxygen atoms in total. The third kappa shape index (κ3) is 2.23. The maximum atomic E-state index is 13.0. The summed E-state index contributed by atoms with van der Waals surface area (Å²) in [6.45, 7) is 1.81. The predicted molar refractivity (Wildman–Crippen MR) is 51.7 cm³/mol. The molecule has 0 aliphatic carbocycles. The molecule has 14 heavy (non-hydrogen) atoms. The van der Waals surface area contributed by atoms with Crippen LogP contribution < -0.4 is 0 Å². The molecule has 1 aromatic carbocycles. The molecule has 1 rings (SSSR count). The Morgan fingerprint density at radius 1 is 1.64 bits per heavy atom. The molecule has 5 heteroatoms. The highest BCUT2D eigenvalue weighted by Crippen LogP contribution is 2.26. The Hall–Kier alpha value is -1.10. The topological polar surface area (TPSA) is 46.5 Å². The minimum absolute atomic E-state index is 0.100. The number of halogens is 2. The van der Waals surface area contributed by atoms with Gasteiger partial charge in [-0.3, -0.25) is 0 Å². The van der Waals surface area contributed by atoms with Gasteiger partial charge in [-0.05, 0) is 35.0 Å². The monoisotopic (exact) mass is 262 g/mol. The lowest BCUT2D eigenvalue weighted by Gasteiger charge is -2.05. The summed E-state index contributed by atoms with van der Waals surface area (Å²) in [5, 5.41) is 9.32. The van der Waals surface area contributed by atoms with Crippen LogP contribution >= 0.6 is 15.9 Å². The van der Waals surface area contributed by atoms with Crippen molar-refractivity contribution in [3.63, 3.8) is 0 Å². The van der Waals surface area contributed by atoms with E-state index < -0.39 is 11.8 Å². The van der Waals surface area contributed by atoms with Gasteiger partial charge in [-0.1, -0.05) is 0 Å². The van der Waals surface area contributed by atoms with Crippen molar-refractivity contribution in [2.24, 2.45) is 0 Å². The van der Waals surface area contributed by atoms with Crippen molar-refractivity contribution < 1.29 is 19.0 Å². The third-order valence-corrected chi connectivity index (χ3v) is 2.14. The number of carbonyl (C=O) groups excluding carboxylic acids is 1. The Balaban J connectivity index is 3.09. The Labute approximate surface area is 88.6 Å². The lowest BCUT2D eigenvalue weighted by molar-refractivity contribution is 0.0522. The van der Waals surface area contributed by atoms with Crippen LogP contribution in [-0.4, -0.2) is 17.7 Å². The molecule has 0 fully saturated rings. The number of phenolic OH excluding ortho intramolecular Hbond substituents is 1. The van der Waals surface area contributed by atoms with Crippen LogP contribution in [0.15, 0.2) is 16.6 Å². The van der Waals surface area contributed by atoms with Crippen LogP contribution in [0.1, 0.15) is 17.3 Å². The second kappa shape index (κ2) is 4.41. The Kier molecular flexibility index (Phi) is 3.46. The normalized spacial score (nSPS) is 9.93. The van der Waals surface area contributed by atoms with Gasteiger partial charge >= 0.3 is 5.97 Å². The Morgan fingerprint density at radius 3 is 2.86 bits per heavy atom. The van der Waals surface area contributed by atoms with E-state index in [2.05, 4.69) is 20.7 Å². The summed E-state index contributed by atoms with van der Waals surface area (Å²) in [6.07, 6.45) is 0. The highest BCUT2D eigenvalue weighted by Gasteiger charge is 2.15. The van der Waals surface area contributed by atoms with Gasteiger partial charge in [0.2, 0.25) is 0 Å². The van der Waals surface area contributed by atoms with E-state index >= 15 is 0 Å². The van der Waals surface area contributed by atoms with E-state index in [4.69, 9.17) is 0 Å². The number of hydrogen-bond acceptors (Lipinski definition) is 3. The fourth-order valence-electron chi connectivity index (χ4n) is 0.909. The van der Waals surface area contributed by atoms with Gasteiger partial charge in [-0.25, -0.2) is 9.18 Å². The lowest BCUT2D eigenvalue weighted by Crippen LogP contribution is -2.05. The molecule has 1 N–H and O–H groups in total. The molecule has 0 aliphatic rings. The minimum atomic E-state index is -0.739. The van der Waals surface area contributed by atoms with E-state index in [0.29, 0.717) is 0 Å². The molecule has 0 saturated carbocycles. The van der Waals surface area contributed by atoms with Crippen molar-refractivity contribution in [1.82, 2.24) is 0 Å². The Bertz CT molecular complexity index is 365. The SMILES string of the molecule is CCOC(=O)c1cc(F)c(Br)cc1O. The second-order valence-electron chi connectivity index (χ2n) is 2.50. The smallest absolute Gasteiger partial charge is 0.342 e. The molecular weight excluding hydrogens is 255 g/mol. The minimum Gasteiger partial charge on any atom is -0.507 e. The highest BCUT2D eigenvalue weighted by molar-refractivity contribution is 9.10. The largest absolute Gasteiger partial charge is 0.507 e. The standard InChI is InChI=1S/C9H8BrFO3/c1-2-14-9(13)5-3-7(11)6(10)4-8(5)12/h3-4,12H,2H2,1H3. The molecular formula is C9H8BrFO3. The third-order valence-electron chi connectivity index (χ3n) is 1.53. The first kappa shape index (κ1) is 11.0.